The Labute approximate surface area is 442 Å². The van der Waals surface area contributed by atoms with Gasteiger partial charge in [-0.05, 0) is 126 Å². The summed E-state index contributed by atoms with van der Waals surface area (Å²) in [6.07, 6.45) is 0. The van der Waals surface area contributed by atoms with Gasteiger partial charge in [0.1, 0.15) is 11.6 Å². The van der Waals surface area contributed by atoms with Crippen molar-refractivity contribution in [2.45, 2.75) is 38.5 Å². The number of halogens is 2. The zero-order valence-electron chi connectivity index (χ0n) is 42.7. The van der Waals surface area contributed by atoms with E-state index < -0.39 is 0 Å². The molecule has 2 aliphatic rings. The molecule has 76 heavy (non-hydrogen) atoms. The van der Waals surface area contributed by atoms with Crippen molar-refractivity contribution < 1.29 is 8.78 Å². The number of benzene rings is 12. The molecule has 0 amide bonds. The van der Waals surface area contributed by atoms with Crippen molar-refractivity contribution in [3.8, 4) is 44.5 Å². The fourth-order valence-corrected chi connectivity index (χ4v) is 12.9. The van der Waals surface area contributed by atoms with Crippen molar-refractivity contribution in [2.75, 3.05) is 9.80 Å². The van der Waals surface area contributed by atoms with Crippen LogP contribution in [0.25, 0.3) is 76.8 Å². The highest BCUT2D eigenvalue weighted by Gasteiger charge is 2.40. The molecule has 0 saturated heterocycles. The van der Waals surface area contributed by atoms with Crippen LogP contribution in [0, 0.1) is 11.6 Å². The maximum atomic E-state index is 17.7. The zero-order valence-corrected chi connectivity index (χ0v) is 42.7. The van der Waals surface area contributed by atoms with Crippen LogP contribution in [0.3, 0.4) is 0 Å². The Bertz CT molecular complexity index is 4050. The number of nitrogens with zero attached hydrogens (tertiary/aromatic N) is 2. The molecule has 0 aliphatic heterocycles. The summed E-state index contributed by atoms with van der Waals surface area (Å²) in [6.45, 7) is 9.14. The summed E-state index contributed by atoms with van der Waals surface area (Å²) >= 11 is 0. The Hall–Kier alpha value is -9.12. The van der Waals surface area contributed by atoms with E-state index in [-0.39, 0.29) is 22.5 Å². The predicted octanol–water partition coefficient (Wildman–Crippen LogP) is 20.3. The summed E-state index contributed by atoms with van der Waals surface area (Å²) in [4.78, 5) is 4.32. The second-order valence-electron chi connectivity index (χ2n) is 21.5. The average Bonchev–Trinajstić information content (AvgIpc) is 4.05. The normalized spacial score (nSPS) is 13.6. The van der Waals surface area contributed by atoms with Gasteiger partial charge >= 0.3 is 0 Å². The van der Waals surface area contributed by atoms with Gasteiger partial charge in [-0.25, -0.2) is 8.78 Å². The fraction of sp³-hybridized carbons (Fsp3) is 0.0833. The van der Waals surface area contributed by atoms with Gasteiger partial charge in [-0.15, -0.1) is 0 Å². The second kappa shape index (κ2) is 17.2. The Morgan fingerprint density at radius 2 is 0.618 bits per heavy atom. The lowest BCUT2D eigenvalue weighted by Crippen LogP contribution is -2.17. The number of anilines is 6. The van der Waals surface area contributed by atoms with Gasteiger partial charge in [0, 0.05) is 32.7 Å². The molecule has 0 bridgehead atoms. The van der Waals surface area contributed by atoms with Crippen molar-refractivity contribution in [1.82, 2.24) is 0 Å². The third kappa shape index (κ3) is 6.83. The lowest BCUT2D eigenvalue weighted by Gasteiger charge is -2.32. The summed E-state index contributed by atoms with van der Waals surface area (Å²) < 4.78 is 35.4. The minimum atomic E-state index is -0.329. The minimum absolute atomic E-state index is 0.286. The molecule has 0 saturated carbocycles. The summed E-state index contributed by atoms with van der Waals surface area (Å²) in [5.41, 5.74) is 16.7. The van der Waals surface area contributed by atoms with Crippen LogP contribution in [-0.4, -0.2) is 0 Å². The average molecular weight is 983 g/mol. The zero-order chi connectivity index (χ0) is 51.5. The van der Waals surface area contributed by atoms with Crippen LogP contribution in [0.2, 0.25) is 0 Å². The topological polar surface area (TPSA) is 6.48 Å². The molecule has 364 valence electrons. The summed E-state index contributed by atoms with van der Waals surface area (Å²) in [7, 11) is 0. The highest BCUT2D eigenvalue weighted by Crippen LogP contribution is 2.58. The highest BCUT2D eigenvalue weighted by atomic mass is 19.1. The summed E-state index contributed by atoms with van der Waals surface area (Å²) in [6, 6.07) is 83.1. The van der Waals surface area contributed by atoms with Crippen molar-refractivity contribution >= 4 is 66.4 Å². The van der Waals surface area contributed by atoms with Crippen LogP contribution >= 0.6 is 0 Å². The molecule has 14 rings (SSSR count). The van der Waals surface area contributed by atoms with E-state index in [2.05, 4.69) is 183 Å². The standard InChI is InChI=1S/C72H52F2N2/c1-71(2)57-31-17-15-29-53(57)69-59(71)33-19-35-65(69)75(63-39-37-47(41-61(63)73)45-21-7-5-8-22-45)67-43-55-50-26-12-14-28-52(50)68(44-56(55)49-25-11-13-27-51(49)67)76(64-40-38-48(42-62(64)74)46-23-9-6-10-24-46)66-36-20-34-60-70(66)54-30-16-18-32-58(54)72(60,3)4/h5-44H,1-4H3. The number of rotatable bonds is 8. The third-order valence-corrected chi connectivity index (χ3v) is 16.6. The summed E-state index contributed by atoms with van der Waals surface area (Å²) in [5, 5.41) is 5.88. The van der Waals surface area contributed by atoms with E-state index in [9.17, 15) is 0 Å². The van der Waals surface area contributed by atoms with Crippen molar-refractivity contribution in [1.29, 1.82) is 0 Å². The number of fused-ring (bicyclic) bond motifs is 11. The van der Waals surface area contributed by atoms with Gasteiger partial charge in [0.05, 0.1) is 34.1 Å². The molecule has 2 aliphatic carbocycles. The Morgan fingerprint density at radius 1 is 0.263 bits per heavy atom. The van der Waals surface area contributed by atoms with Gasteiger partial charge in [0.25, 0.3) is 0 Å². The van der Waals surface area contributed by atoms with Crippen LogP contribution in [0.15, 0.2) is 243 Å². The number of hydrogen-bond acceptors (Lipinski definition) is 2. The first-order chi connectivity index (χ1) is 37.1. The predicted molar refractivity (Wildman–Crippen MR) is 314 cm³/mol. The Balaban J connectivity index is 1.06. The maximum absolute atomic E-state index is 17.7. The van der Waals surface area contributed by atoms with Gasteiger partial charge < -0.3 is 9.80 Å². The minimum Gasteiger partial charge on any atom is -0.306 e. The second-order valence-corrected chi connectivity index (χ2v) is 21.5. The third-order valence-electron chi connectivity index (χ3n) is 16.6. The Kier molecular flexibility index (Phi) is 10.3. The lowest BCUT2D eigenvalue weighted by atomic mass is 9.82. The number of hydrogen-bond donors (Lipinski definition) is 0. The van der Waals surface area contributed by atoms with Crippen LogP contribution in [-0.2, 0) is 10.8 Å². The van der Waals surface area contributed by atoms with E-state index >= 15 is 8.78 Å². The van der Waals surface area contributed by atoms with Crippen LogP contribution in [0.5, 0.6) is 0 Å². The lowest BCUT2D eigenvalue weighted by molar-refractivity contribution is 0.629. The Morgan fingerprint density at radius 3 is 1.03 bits per heavy atom. The molecule has 0 atom stereocenters. The molecule has 0 spiro atoms. The first-order valence-corrected chi connectivity index (χ1v) is 26.2. The SMILES string of the molecule is CC1(C)c2ccccc2-c2c(N(c3ccc(-c4ccccc4)cc3F)c3cc4c5ccccc5c(N(c5ccc(-c6ccccc6)cc5F)c5cccc6c5-c5ccccc5C6(C)C)cc4c4ccccc34)cccc21. The van der Waals surface area contributed by atoms with E-state index in [0.717, 1.165) is 99.6 Å². The van der Waals surface area contributed by atoms with Crippen molar-refractivity contribution in [3.05, 3.63) is 277 Å². The molecule has 0 radical (unpaired) electrons. The van der Waals surface area contributed by atoms with Gasteiger partial charge in [0.2, 0.25) is 0 Å². The fourth-order valence-electron chi connectivity index (χ4n) is 12.9. The molecule has 12 aromatic rings. The highest BCUT2D eigenvalue weighted by molar-refractivity contribution is 6.25. The van der Waals surface area contributed by atoms with Gasteiger partial charge in [0.15, 0.2) is 0 Å². The van der Waals surface area contributed by atoms with Gasteiger partial charge in [-0.3, -0.25) is 0 Å². The quantitative estimate of drug-likeness (QED) is 0.140. The van der Waals surface area contributed by atoms with Crippen LogP contribution in [0.4, 0.5) is 42.9 Å². The maximum Gasteiger partial charge on any atom is 0.147 e. The monoisotopic (exact) mass is 982 g/mol. The van der Waals surface area contributed by atoms with E-state index in [1.54, 1.807) is 12.1 Å². The molecule has 0 aromatic heterocycles. The van der Waals surface area contributed by atoms with Crippen molar-refractivity contribution in [3.63, 3.8) is 0 Å². The van der Waals surface area contributed by atoms with E-state index in [1.807, 2.05) is 84.9 Å². The van der Waals surface area contributed by atoms with E-state index in [1.165, 1.54) is 22.3 Å². The largest absolute Gasteiger partial charge is 0.306 e. The molecule has 0 fully saturated rings. The molecule has 0 unspecified atom stereocenters. The first kappa shape index (κ1) is 45.5. The molecule has 0 N–H and O–H groups in total. The van der Waals surface area contributed by atoms with Gasteiger partial charge in [-0.1, -0.05) is 222 Å². The van der Waals surface area contributed by atoms with Gasteiger partial charge in [-0.2, -0.15) is 0 Å². The molecule has 2 nitrogen and oxygen atoms in total. The van der Waals surface area contributed by atoms with Crippen LogP contribution in [0.1, 0.15) is 49.9 Å². The van der Waals surface area contributed by atoms with E-state index in [0.29, 0.717) is 11.4 Å². The first-order valence-electron chi connectivity index (χ1n) is 26.2. The molecule has 12 aromatic carbocycles. The molecule has 4 heteroatoms. The van der Waals surface area contributed by atoms with Crippen LogP contribution < -0.4 is 9.80 Å². The van der Waals surface area contributed by atoms with E-state index in [4.69, 9.17) is 0 Å². The molecular formula is C72H52F2N2. The molecule has 0 heterocycles. The van der Waals surface area contributed by atoms with Crippen molar-refractivity contribution in [2.24, 2.45) is 0 Å². The summed E-state index contributed by atoms with van der Waals surface area (Å²) in [5.74, 6) is -0.657. The molecular weight excluding hydrogens is 931 g/mol. The smallest absolute Gasteiger partial charge is 0.147 e.